The van der Waals surface area contributed by atoms with Gasteiger partial charge in [-0.3, -0.25) is 5.32 Å². The quantitative estimate of drug-likeness (QED) is 0.684. The fraction of sp³-hybridized carbons (Fsp3) is 0.474. The molecule has 3 N–H and O–H groups in total. The van der Waals surface area contributed by atoms with E-state index in [1.165, 1.54) is 7.05 Å². The molecule has 2 aromatic rings. The SMILES string of the molecule is CN1C(NC(=O)OC(C)(C)C)=N[C@](C)(c2cn(C)c3ccc(N)cc23)CS1(=O)=O. The van der Waals surface area contributed by atoms with E-state index in [2.05, 4.69) is 10.3 Å². The number of nitrogens with two attached hydrogens (primary N) is 1. The summed E-state index contributed by atoms with van der Waals surface area (Å²) in [6.45, 7) is 6.90. The summed E-state index contributed by atoms with van der Waals surface area (Å²) in [5, 5.41) is 3.29. The normalized spacial score (nSPS) is 21.7. The van der Waals surface area contributed by atoms with Crippen LogP contribution in [0.5, 0.6) is 0 Å². The Morgan fingerprint density at radius 1 is 1.31 bits per heavy atom. The van der Waals surface area contributed by atoms with Crippen LogP contribution >= 0.6 is 0 Å². The van der Waals surface area contributed by atoms with Crippen molar-refractivity contribution in [3.05, 3.63) is 30.0 Å². The Kier molecular flexibility index (Phi) is 4.81. The minimum atomic E-state index is -3.73. The molecule has 0 saturated carbocycles. The summed E-state index contributed by atoms with van der Waals surface area (Å²) in [5.41, 5.74) is 6.29. The molecular weight excluding hydrogens is 394 g/mol. The van der Waals surface area contributed by atoms with Crippen molar-refractivity contribution in [2.75, 3.05) is 18.5 Å². The number of ether oxygens (including phenoxy) is 1. The molecule has 1 aliphatic rings. The number of fused-ring (bicyclic) bond motifs is 1. The van der Waals surface area contributed by atoms with E-state index in [1.54, 1.807) is 39.8 Å². The van der Waals surface area contributed by atoms with E-state index in [0.29, 0.717) is 11.3 Å². The second kappa shape index (κ2) is 6.65. The van der Waals surface area contributed by atoms with Crippen LogP contribution in [0.4, 0.5) is 10.5 Å². The van der Waals surface area contributed by atoms with Crippen molar-refractivity contribution in [1.29, 1.82) is 0 Å². The van der Waals surface area contributed by atoms with Crippen molar-refractivity contribution in [2.45, 2.75) is 38.8 Å². The molecule has 1 aromatic carbocycles. The molecule has 158 valence electrons. The Hall–Kier alpha value is -2.75. The molecule has 10 heteroatoms. The average Bonchev–Trinajstić information content (AvgIpc) is 2.87. The van der Waals surface area contributed by atoms with Crippen LogP contribution in [0.2, 0.25) is 0 Å². The monoisotopic (exact) mass is 421 g/mol. The number of benzene rings is 1. The third kappa shape index (κ3) is 4.02. The van der Waals surface area contributed by atoms with E-state index in [4.69, 9.17) is 10.5 Å². The number of aliphatic imine (C=N–C) groups is 1. The van der Waals surface area contributed by atoms with Crippen molar-refractivity contribution < 1.29 is 17.9 Å². The maximum absolute atomic E-state index is 12.9. The standard InChI is InChI=1S/C19H27N5O4S/c1-18(2,3)28-17(25)21-16-22-19(4,11-29(26,27)24(16)6)14-10-23(5)15-8-7-12(20)9-13(14)15/h7-10H,11,20H2,1-6H3,(H,21,22,25)/t19-/m0/s1. The number of nitrogens with zero attached hydrogens (tertiary/aromatic N) is 3. The molecule has 3 rings (SSSR count). The van der Waals surface area contributed by atoms with E-state index in [9.17, 15) is 13.2 Å². The first-order chi connectivity index (χ1) is 13.2. The van der Waals surface area contributed by atoms with E-state index in [0.717, 1.165) is 15.2 Å². The number of amides is 1. The number of sulfonamides is 1. The second-order valence-corrected chi connectivity index (χ2v) is 10.5. The number of rotatable bonds is 1. The first-order valence-electron chi connectivity index (χ1n) is 9.13. The number of aromatic nitrogens is 1. The number of nitrogens with one attached hydrogen (secondary N) is 1. The maximum atomic E-state index is 12.9. The lowest BCUT2D eigenvalue weighted by molar-refractivity contribution is 0.0559. The Morgan fingerprint density at radius 3 is 2.59 bits per heavy atom. The number of nitrogen functional groups attached to an aromatic ring is 1. The maximum Gasteiger partial charge on any atom is 0.414 e. The van der Waals surface area contributed by atoms with Crippen LogP contribution in [0, 0.1) is 0 Å². The highest BCUT2D eigenvalue weighted by molar-refractivity contribution is 7.89. The van der Waals surface area contributed by atoms with E-state index < -0.39 is 27.3 Å². The molecule has 0 fully saturated rings. The van der Waals surface area contributed by atoms with Gasteiger partial charge >= 0.3 is 6.09 Å². The van der Waals surface area contributed by atoms with E-state index in [-0.39, 0.29) is 11.7 Å². The first-order valence-corrected chi connectivity index (χ1v) is 10.7. The van der Waals surface area contributed by atoms with Gasteiger partial charge in [0.05, 0.1) is 5.75 Å². The van der Waals surface area contributed by atoms with Gasteiger partial charge in [-0.05, 0) is 45.9 Å². The Balaban J connectivity index is 2.11. The van der Waals surface area contributed by atoms with Crippen LogP contribution in [0.1, 0.15) is 33.3 Å². The minimum absolute atomic E-state index is 0.0890. The molecule has 9 nitrogen and oxygen atoms in total. The predicted octanol–water partition coefficient (Wildman–Crippen LogP) is 2.13. The molecule has 1 aromatic heterocycles. The van der Waals surface area contributed by atoms with Crippen molar-refractivity contribution in [3.63, 3.8) is 0 Å². The Morgan fingerprint density at radius 2 is 1.97 bits per heavy atom. The molecule has 0 spiro atoms. The highest BCUT2D eigenvalue weighted by atomic mass is 32.2. The third-order valence-corrected chi connectivity index (χ3v) is 6.67. The fourth-order valence-electron chi connectivity index (χ4n) is 3.40. The van der Waals surface area contributed by atoms with Gasteiger partial charge in [0.25, 0.3) is 0 Å². The summed E-state index contributed by atoms with van der Waals surface area (Å²) >= 11 is 0. The summed E-state index contributed by atoms with van der Waals surface area (Å²) in [7, 11) is -0.507. The average molecular weight is 422 g/mol. The van der Waals surface area contributed by atoms with Crippen LogP contribution in [0.25, 0.3) is 10.9 Å². The van der Waals surface area contributed by atoms with Gasteiger partial charge in [0.2, 0.25) is 16.0 Å². The van der Waals surface area contributed by atoms with Gasteiger partial charge in [-0.15, -0.1) is 0 Å². The molecule has 0 bridgehead atoms. The number of alkyl carbamates (subject to hydrolysis) is 1. The molecule has 1 atom stereocenters. The number of carbonyl (C=O) groups is 1. The number of hydrogen-bond acceptors (Lipinski definition) is 6. The lowest BCUT2D eigenvalue weighted by atomic mass is 9.94. The molecular formula is C19H27N5O4S. The zero-order valence-electron chi connectivity index (χ0n) is 17.5. The van der Waals surface area contributed by atoms with Gasteiger partial charge in [0, 0.05) is 42.4 Å². The lowest BCUT2D eigenvalue weighted by Gasteiger charge is -2.35. The number of carbonyl (C=O) groups excluding carboxylic acids is 1. The fourth-order valence-corrected chi connectivity index (χ4v) is 4.87. The van der Waals surface area contributed by atoms with Crippen molar-refractivity contribution in [1.82, 2.24) is 14.2 Å². The molecule has 0 saturated heterocycles. The molecule has 1 amide bonds. The summed E-state index contributed by atoms with van der Waals surface area (Å²) in [5.74, 6) is -0.335. The highest BCUT2D eigenvalue weighted by Crippen LogP contribution is 2.37. The van der Waals surface area contributed by atoms with Crippen molar-refractivity contribution in [2.24, 2.45) is 12.0 Å². The number of aryl methyl sites for hydroxylation is 1. The molecule has 29 heavy (non-hydrogen) atoms. The molecule has 0 aliphatic carbocycles. The van der Waals surface area contributed by atoms with E-state index >= 15 is 0 Å². The minimum Gasteiger partial charge on any atom is -0.444 e. The van der Waals surface area contributed by atoms with Crippen LogP contribution < -0.4 is 11.1 Å². The van der Waals surface area contributed by atoms with Crippen LogP contribution in [0.3, 0.4) is 0 Å². The van der Waals surface area contributed by atoms with Crippen LogP contribution in [0.15, 0.2) is 29.4 Å². The zero-order valence-corrected chi connectivity index (χ0v) is 18.3. The summed E-state index contributed by atoms with van der Waals surface area (Å²) in [6.07, 6.45) is 1.07. The molecule has 1 aliphatic heterocycles. The lowest BCUT2D eigenvalue weighted by Crippen LogP contribution is -2.54. The number of guanidine groups is 1. The van der Waals surface area contributed by atoms with Gasteiger partial charge in [0.15, 0.2) is 0 Å². The largest absolute Gasteiger partial charge is 0.444 e. The van der Waals surface area contributed by atoms with Gasteiger partial charge in [-0.2, -0.15) is 0 Å². The Labute approximate surface area is 170 Å². The third-order valence-electron chi connectivity index (χ3n) is 4.74. The zero-order chi connectivity index (χ0) is 21.8. The molecule has 2 heterocycles. The van der Waals surface area contributed by atoms with Crippen molar-refractivity contribution in [3.8, 4) is 0 Å². The smallest absolute Gasteiger partial charge is 0.414 e. The topological polar surface area (TPSA) is 119 Å². The van der Waals surface area contributed by atoms with Gasteiger partial charge in [-0.25, -0.2) is 22.5 Å². The second-order valence-electron chi connectivity index (χ2n) is 8.49. The van der Waals surface area contributed by atoms with Gasteiger partial charge < -0.3 is 15.0 Å². The first kappa shape index (κ1) is 21.0. The van der Waals surface area contributed by atoms with Gasteiger partial charge in [-0.1, -0.05) is 0 Å². The summed E-state index contributed by atoms with van der Waals surface area (Å²) in [4.78, 5) is 16.9. The number of hydrogen-bond donors (Lipinski definition) is 2. The Bertz CT molecular complexity index is 1110. The van der Waals surface area contributed by atoms with Gasteiger partial charge in [0.1, 0.15) is 11.1 Å². The van der Waals surface area contributed by atoms with E-state index in [1.807, 2.05) is 23.9 Å². The summed E-state index contributed by atoms with van der Waals surface area (Å²) in [6, 6.07) is 5.47. The molecule has 0 unspecified atom stereocenters. The summed E-state index contributed by atoms with van der Waals surface area (Å²) < 4.78 is 33.9. The van der Waals surface area contributed by atoms with Crippen LogP contribution in [-0.2, 0) is 27.3 Å². The molecule has 0 radical (unpaired) electrons. The van der Waals surface area contributed by atoms with Crippen molar-refractivity contribution >= 4 is 38.7 Å². The number of anilines is 1. The van der Waals surface area contributed by atoms with Crippen LogP contribution in [-0.4, -0.2) is 47.7 Å². The predicted molar refractivity (Wildman–Crippen MR) is 113 cm³/mol. The highest BCUT2D eigenvalue weighted by Gasteiger charge is 2.43.